The van der Waals surface area contributed by atoms with E-state index in [1.807, 2.05) is 6.07 Å². The van der Waals surface area contributed by atoms with Crippen LogP contribution >= 0.6 is 0 Å². The van der Waals surface area contributed by atoms with Crippen LogP contribution in [0, 0.1) is 5.82 Å². The van der Waals surface area contributed by atoms with Crippen LogP contribution in [-0.4, -0.2) is 31.6 Å². The first-order valence-corrected chi connectivity index (χ1v) is 9.98. The lowest BCUT2D eigenvalue weighted by molar-refractivity contribution is 0.280. The largest absolute Gasteiger partial charge is 0.491 e. The molecule has 136 valence electrons. The average Bonchev–Trinajstić information content (AvgIpc) is 3.30. The second-order valence-corrected chi connectivity index (χ2v) is 8.12. The van der Waals surface area contributed by atoms with Crippen molar-refractivity contribution in [3.8, 4) is 5.75 Å². The minimum atomic E-state index is -4.03. The van der Waals surface area contributed by atoms with E-state index in [0.29, 0.717) is 29.3 Å². The molecule has 1 atom stereocenters. The molecule has 2 heterocycles. The minimum Gasteiger partial charge on any atom is -0.491 e. The van der Waals surface area contributed by atoms with E-state index >= 15 is 0 Å². The molecular formula is C19H19FN2O3S. The SMILES string of the molecule is O=S(=O)(c1ccccc1F)n1ccc2c(OC[C@@H]3CCCN3)cccc21. The minimum absolute atomic E-state index is 0.314. The number of aromatic nitrogens is 1. The van der Waals surface area contributed by atoms with Gasteiger partial charge in [-0.2, -0.15) is 0 Å². The monoisotopic (exact) mass is 374 g/mol. The summed E-state index contributed by atoms with van der Waals surface area (Å²) in [6.07, 6.45) is 3.64. The standard InChI is InChI=1S/C19H19FN2O3S/c20-16-6-1-2-9-19(16)26(23,24)22-12-10-15-17(22)7-3-8-18(15)25-13-14-5-4-11-21-14/h1-3,6-10,12,14,21H,4-5,11,13H2/t14-/m0/s1. The Kier molecular flexibility index (Phi) is 4.42. The van der Waals surface area contributed by atoms with E-state index in [-0.39, 0.29) is 4.90 Å². The van der Waals surface area contributed by atoms with E-state index in [2.05, 4.69) is 5.32 Å². The molecule has 5 nitrogen and oxygen atoms in total. The number of hydrogen-bond donors (Lipinski definition) is 1. The van der Waals surface area contributed by atoms with Crippen LogP contribution in [0.5, 0.6) is 5.75 Å². The molecule has 1 aromatic heterocycles. The Labute approximate surface area is 151 Å². The first-order chi connectivity index (χ1) is 12.6. The van der Waals surface area contributed by atoms with Crippen LogP contribution in [0.1, 0.15) is 12.8 Å². The Morgan fingerprint density at radius 1 is 1.15 bits per heavy atom. The summed E-state index contributed by atoms with van der Waals surface area (Å²) in [5, 5.41) is 4.05. The fourth-order valence-electron chi connectivity index (χ4n) is 3.30. The number of nitrogens with zero attached hydrogens (tertiary/aromatic N) is 1. The fourth-order valence-corrected chi connectivity index (χ4v) is 4.72. The van der Waals surface area contributed by atoms with Crippen molar-refractivity contribution in [2.24, 2.45) is 0 Å². The van der Waals surface area contributed by atoms with Gasteiger partial charge in [-0.25, -0.2) is 16.8 Å². The van der Waals surface area contributed by atoms with Crippen LogP contribution in [0.2, 0.25) is 0 Å². The molecule has 0 spiro atoms. The number of rotatable bonds is 5. The third-order valence-corrected chi connectivity index (χ3v) is 6.36. The Morgan fingerprint density at radius 3 is 2.77 bits per heavy atom. The number of hydrogen-bond acceptors (Lipinski definition) is 4. The van der Waals surface area contributed by atoms with Crippen LogP contribution in [0.15, 0.2) is 59.6 Å². The topological polar surface area (TPSA) is 60.3 Å². The summed E-state index contributed by atoms with van der Waals surface area (Å²) < 4.78 is 46.8. The molecule has 7 heteroatoms. The molecule has 2 aromatic carbocycles. The van der Waals surface area contributed by atoms with E-state index in [4.69, 9.17) is 4.74 Å². The van der Waals surface area contributed by atoms with Crippen molar-refractivity contribution in [1.29, 1.82) is 0 Å². The highest BCUT2D eigenvalue weighted by Crippen LogP contribution is 2.30. The zero-order valence-corrected chi connectivity index (χ0v) is 14.9. The molecule has 0 saturated carbocycles. The third-order valence-electron chi connectivity index (χ3n) is 4.63. The zero-order chi connectivity index (χ0) is 18.1. The highest BCUT2D eigenvalue weighted by molar-refractivity contribution is 7.90. The molecule has 1 aliphatic rings. The van der Waals surface area contributed by atoms with Gasteiger partial charge in [0.05, 0.1) is 5.52 Å². The van der Waals surface area contributed by atoms with Gasteiger partial charge in [0.2, 0.25) is 0 Å². The second kappa shape index (κ2) is 6.74. The molecule has 1 fully saturated rings. The van der Waals surface area contributed by atoms with Crippen molar-refractivity contribution in [2.45, 2.75) is 23.8 Å². The van der Waals surface area contributed by atoms with Crippen molar-refractivity contribution in [3.05, 3.63) is 60.5 Å². The number of ether oxygens (including phenoxy) is 1. The highest BCUT2D eigenvalue weighted by atomic mass is 32.2. The lowest BCUT2D eigenvalue weighted by Crippen LogP contribution is -2.28. The Bertz CT molecular complexity index is 1040. The third kappa shape index (κ3) is 2.97. The first-order valence-electron chi connectivity index (χ1n) is 8.54. The molecular weight excluding hydrogens is 355 g/mol. The predicted octanol–water partition coefficient (Wildman–Crippen LogP) is 3.15. The van der Waals surface area contributed by atoms with Gasteiger partial charge in [-0.3, -0.25) is 0 Å². The van der Waals surface area contributed by atoms with Gasteiger partial charge in [-0.05, 0) is 49.7 Å². The summed E-state index contributed by atoms with van der Waals surface area (Å²) in [5.41, 5.74) is 0.463. The summed E-state index contributed by atoms with van der Waals surface area (Å²) >= 11 is 0. The van der Waals surface area contributed by atoms with Crippen LogP contribution < -0.4 is 10.1 Å². The summed E-state index contributed by atoms with van der Waals surface area (Å²) in [7, 11) is -4.03. The Balaban J connectivity index is 1.71. The molecule has 1 saturated heterocycles. The van der Waals surface area contributed by atoms with E-state index in [0.717, 1.165) is 29.4 Å². The van der Waals surface area contributed by atoms with E-state index in [9.17, 15) is 12.8 Å². The van der Waals surface area contributed by atoms with Gasteiger partial charge >= 0.3 is 0 Å². The van der Waals surface area contributed by atoms with Gasteiger partial charge in [0.25, 0.3) is 10.0 Å². The average molecular weight is 374 g/mol. The number of nitrogens with one attached hydrogen (secondary N) is 1. The maximum Gasteiger partial charge on any atom is 0.271 e. The van der Waals surface area contributed by atoms with Crippen molar-refractivity contribution in [1.82, 2.24) is 9.29 Å². The van der Waals surface area contributed by atoms with Gasteiger partial charge in [-0.15, -0.1) is 0 Å². The first kappa shape index (κ1) is 17.1. The van der Waals surface area contributed by atoms with Gasteiger partial charge in [0.15, 0.2) is 0 Å². The van der Waals surface area contributed by atoms with Gasteiger partial charge in [-0.1, -0.05) is 18.2 Å². The molecule has 0 bridgehead atoms. The molecule has 0 aliphatic carbocycles. The van der Waals surface area contributed by atoms with Crippen LogP contribution in [0.3, 0.4) is 0 Å². The molecule has 3 aromatic rings. The molecule has 0 unspecified atom stereocenters. The summed E-state index contributed by atoms with van der Waals surface area (Å²) in [6, 6.07) is 12.6. The quantitative estimate of drug-likeness (QED) is 0.745. The molecule has 4 rings (SSSR count). The molecule has 0 radical (unpaired) electrons. The van der Waals surface area contributed by atoms with Crippen LogP contribution in [-0.2, 0) is 10.0 Å². The Morgan fingerprint density at radius 2 is 2.00 bits per heavy atom. The zero-order valence-electron chi connectivity index (χ0n) is 14.1. The normalized spacial score (nSPS) is 17.7. The van der Waals surface area contributed by atoms with Crippen LogP contribution in [0.25, 0.3) is 10.9 Å². The maximum absolute atomic E-state index is 14.0. The van der Waals surface area contributed by atoms with Crippen molar-refractivity contribution < 1.29 is 17.5 Å². The van der Waals surface area contributed by atoms with E-state index in [1.165, 1.54) is 24.4 Å². The van der Waals surface area contributed by atoms with Crippen molar-refractivity contribution in [3.63, 3.8) is 0 Å². The molecule has 1 N–H and O–H groups in total. The highest BCUT2D eigenvalue weighted by Gasteiger charge is 2.23. The predicted molar refractivity (Wildman–Crippen MR) is 97.4 cm³/mol. The van der Waals surface area contributed by atoms with Gasteiger partial charge in [0, 0.05) is 17.6 Å². The second-order valence-electron chi connectivity index (χ2n) is 6.34. The number of benzene rings is 2. The molecule has 26 heavy (non-hydrogen) atoms. The summed E-state index contributed by atoms with van der Waals surface area (Å²) in [6.45, 7) is 1.53. The molecule has 0 amide bonds. The van der Waals surface area contributed by atoms with Crippen molar-refractivity contribution in [2.75, 3.05) is 13.2 Å². The van der Waals surface area contributed by atoms with Gasteiger partial charge < -0.3 is 10.1 Å². The number of halogens is 1. The summed E-state index contributed by atoms with van der Waals surface area (Å²) in [4.78, 5) is -0.348. The van der Waals surface area contributed by atoms with E-state index in [1.54, 1.807) is 18.2 Å². The van der Waals surface area contributed by atoms with Crippen molar-refractivity contribution >= 4 is 20.9 Å². The van der Waals surface area contributed by atoms with E-state index < -0.39 is 15.8 Å². The van der Waals surface area contributed by atoms with Crippen LogP contribution in [0.4, 0.5) is 4.39 Å². The number of fused-ring (bicyclic) bond motifs is 1. The Hall–Kier alpha value is -2.38. The molecule has 1 aliphatic heterocycles. The summed E-state index contributed by atoms with van der Waals surface area (Å²) in [5.74, 6) is -0.146. The fraction of sp³-hybridized carbons (Fsp3) is 0.263. The maximum atomic E-state index is 14.0. The smallest absolute Gasteiger partial charge is 0.271 e. The lowest BCUT2D eigenvalue weighted by atomic mass is 10.2. The lowest BCUT2D eigenvalue weighted by Gasteiger charge is -2.13. The van der Waals surface area contributed by atoms with Gasteiger partial charge in [0.1, 0.15) is 23.1 Å².